The number of carbonyl (C=O) groups is 2. The van der Waals surface area contributed by atoms with Gasteiger partial charge in [-0.2, -0.15) is 4.98 Å². The van der Waals surface area contributed by atoms with Gasteiger partial charge in [0, 0.05) is 31.7 Å². The summed E-state index contributed by atoms with van der Waals surface area (Å²) >= 11 is 0. The molecular formula is C25H27N5O5. The van der Waals surface area contributed by atoms with Crippen LogP contribution < -0.4 is 14.4 Å². The summed E-state index contributed by atoms with van der Waals surface area (Å²) in [5.41, 5.74) is 1.50. The van der Waals surface area contributed by atoms with E-state index in [4.69, 9.17) is 14.0 Å². The van der Waals surface area contributed by atoms with E-state index in [1.165, 1.54) is 4.90 Å². The summed E-state index contributed by atoms with van der Waals surface area (Å²) in [4.78, 5) is 35.7. The molecule has 2 aromatic carbocycles. The van der Waals surface area contributed by atoms with Crippen LogP contribution in [0.2, 0.25) is 0 Å². The maximum absolute atomic E-state index is 13.0. The Kier molecular flexibility index (Phi) is 6.62. The number of para-hydroxylation sites is 2. The van der Waals surface area contributed by atoms with Gasteiger partial charge in [-0.3, -0.25) is 19.4 Å². The molecule has 5 rings (SSSR count). The van der Waals surface area contributed by atoms with Crippen molar-refractivity contribution in [3.63, 3.8) is 0 Å². The number of nitrogens with zero attached hydrogens (tertiary/aromatic N) is 5. The second-order valence-electron chi connectivity index (χ2n) is 8.44. The van der Waals surface area contributed by atoms with Gasteiger partial charge in [-0.1, -0.05) is 17.3 Å². The quantitative estimate of drug-likeness (QED) is 0.533. The van der Waals surface area contributed by atoms with E-state index < -0.39 is 0 Å². The Hall–Kier alpha value is -3.92. The third kappa shape index (κ3) is 5.12. The van der Waals surface area contributed by atoms with Gasteiger partial charge < -0.3 is 18.9 Å². The van der Waals surface area contributed by atoms with Crippen molar-refractivity contribution < 1.29 is 23.6 Å². The fourth-order valence-electron chi connectivity index (χ4n) is 4.25. The first-order valence-corrected chi connectivity index (χ1v) is 11.6. The van der Waals surface area contributed by atoms with E-state index in [1.54, 1.807) is 12.0 Å². The molecule has 0 radical (unpaired) electrons. The fraction of sp³-hybridized carbons (Fsp3) is 0.360. The molecule has 0 spiro atoms. The number of anilines is 1. The number of hydrogen-bond acceptors (Lipinski definition) is 8. The van der Waals surface area contributed by atoms with Gasteiger partial charge in [-0.15, -0.1) is 0 Å². The van der Waals surface area contributed by atoms with Crippen LogP contribution in [0.1, 0.15) is 12.3 Å². The highest BCUT2D eigenvalue weighted by molar-refractivity contribution is 6.00. The standard InChI is InChI=1S/C25H27N5O5/c1-33-19-8-6-18(7-9-19)25-26-22(35-27-25)16-28-11-13-29(14-12-28)24(32)17-30-20-4-2-3-5-21(20)34-15-10-23(30)31/h2-9H,10-17H2,1H3. The highest BCUT2D eigenvalue weighted by atomic mass is 16.5. The van der Waals surface area contributed by atoms with E-state index in [0.717, 1.165) is 11.3 Å². The van der Waals surface area contributed by atoms with E-state index in [-0.39, 0.29) is 24.8 Å². The number of piperazine rings is 1. The fourth-order valence-corrected chi connectivity index (χ4v) is 4.25. The Morgan fingerprint density at radius 1 is 1.06 bits per heavy atom. The molecule has 3 aromatic rings. The largest absolute Gasteiger partial charge is 0.497 e. The van der Waals surface area contributed by atoms with Crippen LogP contribution >= 0.6 is 0 Å². The summed E-state index contributed by atoms with van der Waals surface area (Å²) in [5.74, 6) is 2.28. The van der Waals surface area contributed by atoms with Crippen LogP contribution in [-0.4, -0.2) is 78.2 Å². The van der Waals surface area contributed by atoms with Crippen molar-refractivity contribution in [1.82, 2.24) is 19.9 Å². The first-order valence-electron chi connectivity index (χ1n) is 11.6. The summed E-state index contributed by atoms with van der Waals surface area (Å²) in [6.07, 6.45) is 0.248. The maximum Gasteiger partial charge on any atom is 0.242 e. The lowest BCUT2D eigenvalue weighted by Gasteiger charge is -2.35. The van der Waals surface area contributed by atoms with Crippen LogP contribution in [0.4, 0.5) is 5.69 Å². The van der Waals surface area contributed by atoms with Crippen LogP contribution in [0.3, 0.4) is 0 Å². The third-order valence-electron chi connectivity index (χ3n) is 6.22. The number of methoxy groups -OCH3 is 1. The number of fused-ring (bicyclic) bond motifs is 1. The molecule has 0 saturated carbocycles. The number of aromatic nitrogens is 2. The molecular weight excluding hydrogens is 450 g/mol. The molecule has 2 amide bonds. The van der Waals surface area contributed by atoms with Gasteiger partial charge in [0.15, 0.2) is 0 Å². The van der Waals surface area contributed by atoms with Crippen LogP contribution in [0.25, 0.3) is 11.4 Å². The first-order chi connectivity index (χ1) is 17.1. The Balaban J connectivity index is 1.15. The van der Waals surface area contributed by atoms with Gasteiger partial charge in [0.2, 0.25) is 23.5 Å². The topological polar surface area (TPSA) is 101 Å². The van der Waals surface area contributed by atoms with Crippen molar-refractivity contribution in [3.05, 3.63) is 54.4 Å². The van der Waals surface area contributed by atoms with Crippen LogP contribution in [0, 0.1) is 0 Å². The second kappa shape index (κ2) is 10.1. The highest BCUT2D eigenvalue weighted by Gasteiger charge is 2.29. The summed E-state index contributed by atoms with van der Waals surface area (Å²) in [6.45, 7) is 3.33. The number of rotatable bonds is 6. The molecule has 0 bridgehead atoms. The molecule has 3 heterocycles. The average Bonchev–Trinajstić information content (AvgIpc) is 3.30. The molecule has 2 aliphatic heterocycles. The molecule has 182 valence electrons. The highest BCUT2D eigenvalue weighted by Crippen LogP contribution is 2.31. The van der Waals surface area contributed by atoms with E-state index in [9.17, 15) is 9.59 Å². The van der Waals surface area contributed by atoms with Crippen molar-refractivity contribution in [2.24, 2.45) is 0 Å². The lowest BCUT2D eigenvalue weighted by molar-refractivity contribution is -0.133. The van der Waals surface area contributed by atoms with Gasteiger partial charge in [0.25, 0.3) is 0 Å². The van der Waals surface area contributed by atoms with Crippen molar-refractivity contribution >= 4 is 17.5 Å². The predicted molar refractivity (Wildman–Crippen MR) is 127 cm³/mol. The lowest BCUT2D eigenvalue weighted by atomic mass is 10.2. The minimum absolute atomic E-state index is 0.00802. The van der Waals surface area contributed by atoms with Gasteiger partial charge in [-0.25, -0.2) is 0 Å². The molecule has 0 aliphatic carbocycles. The monoisotopic (exact) mass is 477 g/mol. The van der Waals surface area contributed by atoms with E-state index >= 15 is 0 Å². The molecule has 1 fully saturated rings. The molecule has 0 N–H and O–H groups in total. The number of ether oxygens (including phenoxy) is 2. The Labute approximate surface area is 203 Å². The molecule has 0 atom stereocenters. The van der Waals surface area contributed by atoms with Crippen molar-refractivity contribution in [1.29, 1.82) is 0 Å². The van der Waals surface area contributed by atoms with Gasteiger partial charge in [0.1, 0.15) is 18.0 Å². The first kappa shape index (κ1) is 22.9. The molecule has 1 saturated heterocycles. The van der Waals surface area contributed by atoms with Crippen molar-refractivity contribution in [2.45, 2.75) is 13.0 Å². The van der Waals surface area contributed by atoms with Crippen LogP contribution in [-0.2, 0) is 16.1 Å². The number of benzene rings is 2. The normalized spacial score (nSPS) is 16.4. The van der Waals surface area contributed by atoms with E-state index in [2.05, 4.69) is 15.0 Å². The zero-order valence-corrected chi connectivity index (χ0v) is 19.6. The van der Waals surface area contributed by atoms with Crippen LogP contribution in [0.15, 0.2) is 53.1 Å². The second-order valence-corrected chi connectivity index (χ2v) is 8.44. The maximum atomic E-state index is 13.0. The summed E-state index contributed by atoms with van der Waals surface area (Å²) in [5, 5.41) is 4.08. The third-order valence-corrected chi connectivity index (χ3v) is 6.22. The summed E-state index contributed by atoms with van der Waals surface area (Å²) in [7, 11) is 1.62. The van der Waals surface area contributed by atoms with Gasteiger partial charge in [-0.05, 0) is 36.4 Å². The van der Waals surface area contributed by atoms with E-state index in [1.807, 2.05) is 48.5 Å². The van der Waals surface area contributed by atoms with Crippen molar-refractivity contribution in [2.75, 3.05) is 51.3 Å². The zero-order chi connectivity index (χ0) is 24.2. The summed E-state index contributed by atoms with van der Waals surface area (Å²) < 4.78 is 16.3. The smallest absolute Gasteiger partial charge is 0.242 e. The van der Waals surface area contributed by atoms with Crippen LogP contribution in [0.5, 0.6) is 11.5 Å². The Morgan fingerprint density at radius 3 is 2.60 bits per heavy atom. The minimum Gasteiger partial charge on any atom is -0.497 e. The number of carbonyl (C=O) groups excluding carboxylic acids is 2. The Bertz CT molecular complexity index is 1190. The SMILES string of the molecule is COc1ccc(-c2noc(CN3CCN(C(=O)CN4C(=O)CCOc5ccccc54)CC3)n2)cc1. The molecule has 10 heteroatoms. The Morgan fingerprint density at radius 2 is 1.83 bits per heavy atom. The molecule has 2 aliphatic rings. The van der Waals surface area contributed by atoms with Gasteiger partial charge >= 0.3 is 0 Å². The summed E-state index contributed by atoms with van der Waals surface area (Å²) in [6, 6.07) is 14.8. The number of amides is 2. The molecule has 35 heavy (non-hydrogen) atoms. The number of hydrogen-bond donors (Lipinski definition) is 0. The zero-order valence-electron chi connectivity index (χ0n) is 19.6. The minimum atomic E-state index is -0.106. The lowest BCUT2D eigenvalue weighted by Crippen LogP contribution is -2.51. The molecule has 0 unspecified atom stereocenters. The average molecular weight is 478 g/mol. The van der Waals surface area contributed by atoms with E-state index in [0.29, 0.717) is 62.5 Å². The predicted octanol–water partition coefficient (Wildman–Crippen LogP) is 2.21. The molecule has 10 nitrogen and oxygen atoms in total. The molecule has 1 aromatic heterocycles. The van der Waals surface area contributed by atoms with Gasteiger partial charge in [0.05, 0.1) is 32.4 Å². The van der Waals surface area contributed by atoms with Crippen molar-refractivity contribution in [3.8, 4) is 22.9 Å².